The second-order valence-electron chi connectivity index (χ2n) is 14.6. The number of β-amino-alcohol motifs (C(OH)–C–C–N with tert-alkyl or cyclic N) is 1. The topological polar surface area (TPSA) is 121 Å². The number of cyclic esters (lactones) is 1. The molecule has 3 aliphatic heterocycles. The monoisotopic (exact) mass is 639 g/mol. The van der Waals surface area contributed by atoms with E-state index >= 15 is 0 Å². The van der Waals surface area contributed by atoms with Gasteiger partial charge in [-0.05, 0) is 106 Å². The quantitative estimate of drug-likeness (QED) is 0.271. The van der Waals surface area contributed by atoms with Crippen LogP contribution in [0.25, 0.3) is 0 Å². The third kappa shape index (κ3) is 9.49. The summed E-state index contributed by atoms with van der Waals surface area (Å²) in [6, 6.07) is -0.194. The summed E-state index contributed by atoms with van der Waals surface area (Å²) in [5, 5.41) is 21.3. The number of methoxy groups -OCH3 is 1. The smallest absolute Gasteiger partial charge is 0.323 e. The molecule has 3 heterocycles. The normalized spacial score (nSPS) is 35.9. The molecule has 0 aliphatic carbocycles. The molecule has 2 N–H and O–H groups in total. The van der Waals surface area contributed by atoms with Crippen LogP contribution in [-0.4, -0.2) is 133 Å². The number of ketones is 1. The van der Waals surface area contributed by atoms with Crippen LogP contribution >= 0.6 is 0 Å². The van der Waals surface area contributed by atoms with Crippen molar-refractivity contribution in [3.63, 3.8) is 0 Å². The molecule has 8 atom stereocenters. The predicted octanol–water partition coefficient (Wildman–Crippen LogP) is 3.03. The molecule has 0 amide bonds. The van der Waals surface area contributed by atoms with E-state index in [9.17, 15) is 19.8 Å². The summed E-state index contributed by atoms with van der Waals surface area (Å²) in [7, 11) is 5.43. The van der Waals surface area contributed by atoms with Crippen molar-refractivity contribution in [1.82, 2.24) is 14.7 Å². The Kier molecular flexibility index (Phi) is 13.9. The van der Waals surface area contributed by atoms with E-state index < -0.39 is 41.4 Å². The summed E-state index contributed by atoms with van der Waals surface area (Å²) >= 11 is 0. The Morgan fingerprint density at radius 1 is 1.09 bits per heavy atom. The Morgan fingerprint density at radius 3 is 2.36 bits per heavy atom. The number of rotatable bonds is 10. The first-order chi connectivity index (χ1) is 21.1. The van der Waals surface area contributed by atoms with Gasteiger partial charge in [-0.3, -0.25) is 9.59 Å². The Bertz CT molecular complexity index is 1000. The van der Waals surface area contributed by atoms with Crippen molar-refractivity contribution >= 4 is 11.8 Å². The van der Waals surface area contributed by atoms with E-state index in [-0.39, 0.29) is 30.5 Å². The van der Waals surface area contributed by atoms with Crippen LogP contribution < -0.4 is 0 Å². The number of carbonyl (C=O) groups excluding carboxylic acids is 2. The number of likely N-dealkylation sites (N-methyl/N-ethyl adjacent to an activating group) is 1. The summed E-state index contributed by atoms with van der Waals surface area (Å²) in [5.74, 6) is -1.76. The molecule has 0 aromatic rings. The van der Waals surface area contributed by atoms with Gasteiger partial charge in [-0.15, -0.1) is 0 Å². The maximum absolute atomic E-state index is 14.2. The molecule has 0 aromatic carbocycles. The maximum Gasteiger partial charge on any atom is 0.323 e. The molecule has 0 spiro atoms. The third-order valence-corrected chi connectivity index (χ3v) is 10.1. The molecular weight excluding hydrogens is 578 g/mol. The molecule has 3 aliphatic rings. The lowest BCUT2D eigenvalue weighted by Gasteiger charge is -2.47. The van der Waals surface area contributed by atoms with Crippen molar-refractivity contribution in [1.29, 1.82) is 0 Å². The number of Topliss-reactive ketones (excluding diaryl/α,β-unsaturated/α-hetero) is 1. The SMILES string of the molecule is CO[C@]1(C)C[C@@H](C)CN(CCO)C(CCCN2CCCC2)=COC(=O)C(C)(C)C(=O)[C@H](C)[C@H]1O[C@@H]1O[C@H](C)C[C@H](N(C)C)[C@H]1O. The molecule has 11 heteroatoms. The van der Waals surface area contributed by atoms with Gasteiger partial charge in [0.05, 0.1) is 24.4 Å². The first-order valence-electron chi connectivity index (χ1n) is 16.9. The predicted molar refractivity (Wildman–Crippen MR) is 172 cm³/mol. The lowest BCUT2D eigenvalue weighted by molar-refractivity contribution is -0.295. The van der Waals surface area contributed by atoms with Gasteiger partial charge in [0.15, 0.2) is 12.1 Å². The molecule has 3 rings (SSSR count). The van der Waals surface area contributed by atoms with Crippen LogP contribution in [0.3, 0.4) is 0 Å². The fraction of sp³-hybridized carbons (Fsp3) is 0.882. The van der Waals surface area contributed by atoms with E-state index in [1.54, 1.807) is 27.9 Å². The summed E-state index contributed by atoms with van der Waals surface area (Å²) < 4.78 is 24.7. The third-order valence-electron chi connectivity index (χ3n) is 10.1. The summed E-state index contributed by atoms with van der Waals surface area (Å²) in [5.41, 5.74) is -1.64. The number of hydrogen-bond donors (Lipinski definition) is 2. The average molecular weight is 640 g/mol. The first kappa shape index (κ1) is 37.9. The van der Waals surface area contributed by atoms with Crippen LogP contribution in [0, 0.1) is 17.3 Å². The summed E-state index contributed by atoms with van der Waals surface area (Å²) in [6.07, 6.45) is 3.68. The fourth-order valence-corrected chi connectivity index (χ4v) is 7.37. The van der Waals surface area contributed by atoms with Crippen molar-refractivity contribution in [3.8, 4) is 0 Å². The number of aliphatic hydroxyl groups is 2. The van der Waals surface area contributed by atoms with Gasteiger partial charge in [0.1, 0.15) is 17.8 Å². The Balaban J connectivity index is 1.97. The summed E-state index contributed by atoms with van der Waals surface area (Å²) in [6.45, 7) is 15.0. The largest absolute Gasteiger partial charge is 0.432 e. The van der Waals surface area contributed by atoms with Gasteiger partial charge in [0.2, 0.25) is 0 Å². The molecule has 0 bridgehead atoms. The van der Waals surface area contributed by atoms with Gasteiger partial charge in [-0.1, -0.05) is 13.8 Å². The zero-order valence-electron chi connectivity index (χ0n) is 29.3. The average Bonchev–Trinajstić information content (AvgIpc) is 3.50. The van der Waals surface area contributed by atoms with Gasteiger partial charge in [-0.2, -0.15) is 0 Å². The number of allylic oxidation sites excluding steroid dienone is 1. The van der Waals surface area contributed by atoms with Crippen LogP contribution in [0.5, 0.6) is 0 Å². The number of carbonyl (C=O) groups is 2. The lowest BCUT2D eigenvalue weighted by Crippen LogP contribution is -2.59. The number of hydrogen-bond acceptors (Lipinski definition) is 11. The fourth-order valence-electron chi connectivity index (χ4n) is 7.37. The molecule has 260 valence electrons. The highest BCUT2D eigenvalue weighted by atomic mass is 16.7. The van der Waals surface area contributed by atoms with Crippen molar-refractivity contribution in [2.45, 2.75) is 116 Å². The highest BCUT2D eigenvalue weighted by Crippen LogP contribution is 2.38. The Hall–Kier alpha value is -1.60. The molecule has 2 fully saturated rings. The van der Waals surface area contributed by atoms with E-state index in [0.29, 0.717) is 32.4 Å². The number of nitrogens with zero attached hydrogens (tertiary/aromatic N) is 3. The molecular formula is C34H61N3O8. The van der Waals surface area contributed by atoms with Crippen LogP contribution in [-0.2, 0) is 28.5 Å². The molecule has 2 saturated heterocycles. The Morgan fingerprint density at radius 2 is 1.76 bits per heavy atom. The van der Waals surface area contributed by atoms with Crippen molar-refractivity contribution in [2.75, 3.05) is 60.5 Å². The summed E-state index contributed by atoms with van der Waals surface area (Å²) in [4.78, 5) is 34.3. The highest BCUT2D eigenvalue weighted by molar-refractivity contribution is 6.04. The lowest BCUT2D eigenvalue weighted by atomic mass is 9.74. The van der Waals surface area contributed by atoms with Crippen LogP contribution in [0.4, 0.5) is 0 Å². The number of likely N-dealkylation sites (tertiary alicyclic amines) is 1. The van der Waals surface area contributed by atoms with Crippen LogP contribution in [0.2, 0.25) is 0 Å². The van der Waals surface area contributed by atoms with Gasteiger partial charge >= 0.3 is 5.97 Å². The molecule has 0 aromatic heterocycles. The molecule has 45 heavy (non-hydrogen) atoms. The van der Waals surface area contributed by atoms with Gasteiger partial charge in [-0.25, -0.2) is 0 Å². The number of ether oxygens (including phenoxy) is 4. The minimum Gasteiger partial charge on any atom is -0.432 e. The second kappa shape index (κ2) is 16.5. The highest BCUT2D eigenvalue weighted by Gasteiger charge is 2.51. The van der Waals surface area contributed by atoms with Gasteiger partial charge in [0.25, 0.3) is 0 Å². The molecule has 0 radical (unpaired) electrons. The van der Waals surface area contributed by atoms with E-state index in [4.69, 9.17) is 18.9 Å². The first-order valence-corrected chi connectivity index (χ1v) is 16.9. The van der Waals surface area contributed by atoms with E-state index in [1.807, 2.05) is 32.8 Å². The maximum atomic E-state index is 14.2. The second-order valence-corrected chi connectivity index (χ2v) is 14.6. The minimum atomic E-state index is -1.49. The van der Waals surface area contributed by atoms with E-state index in [1.165, 1.54) is 19.1 Å². The van der Waals surface area contributed by atoms with Crippen LogP contribution in [0.15, 0.2) is 12.0 Å². The van der Waals surface area contributed by atoms with E-state index in [2.05, 4.69) is 16.7 Å². The number of aliphatic hydroxyl groups excluding tert-OH is 2. The van der Waals surface area contributed by atoms with Crippen molar-refractivity contribution in [2.24, 2.45) is 17.3 Å². The zero-order chi connectivity index (χ0) is 33.5. The Labute approximate surface area is 271 Å². The number of esters is 1. The van der Waals surface area contributed by atoms with Gasteiger partial charge < -0.3 is 43.9 Å². The van der Waals surface area contributed by atoms with Gasteiger partial charge in [0, 0.05) is 37.9 Å². The minimum absolute atomic E-state index is 0.0343. The van der Waals surface area contributed by atoms with E-state index in [0.717, 1.165) is 31.8 Å². The zero-order valence-corrected chi connectivity index (χ0v) is 29.3. The van der Waals surface area contributed by atoms with Crippen LogP contribution in [0.1, 0.15) is 80.1 Å². The molecule has 0 unspecified atom stereocenters. The standard InChI is InChI=1S/C34H61N3O8/c1-23-20-34(6,42-9)30(45-31-28(39)27(35(7)8)19-24(2)44-31)25(3)29(40)33(4,5)32(41)43-22-26(37(21-23)17-18-38)13-12-16-36-14-10-11-15-36/h22-25,27-28,30-31,38-39H,10-21H2,1-9H3/t23-,24-,25+,27+,28-,30-,31+,34-/m1/s1. The molecule has 0 saturated carbocycles. The van der Waals surface area contributed by atoms with Crippen molar-refractivity contribution < 1.29 is 38.7 Å². The van der Waals surface area contributed by atoms with Crippen molar-refractivity contribution in [3.05, 3.63) is 12.0 Å². The molecule has 11 nitrogen and oxygen atoms in total.